The molecule has 0 aliphatic heterocycles. The van der Waals surface area contributed by atoms with Gasteiger partial charge in [0, 0.05) is 13.1 Å². The lowest BCUT2D eigenvalue weighted by molar-refractivity contribution is 0.0989. The first-order valence-corrected chi connectivity index (χ1v) is 7.34. The molecule has 0 spiro atoms. The van der Waals surface area contributed by atoms with Gasteiger partial charge < -0.3 is 14.1 Å². The van der Waals surface area contributed by atoms with Crippen LogP contribution in [-0.2, 0) is 0 Å². The number of aromatic nitrogens is 2. The van der Waals surface area contributed by atoms with Crippen LogP contribution in [0.3, 0.4) is 0 Å². The van der Waals surface area contributed by atoms with Crippen molar-refractivity contribution in [3.63, 3.8) is 0 Å². The van der Waals surface area contributed by atoms with Gasteiger partial charge in [0.25, 0.3) is 5.91 Å². The van der Waals surface area contributed by atoms with Gasteiger partial charge >= 0.3 is 0 Å². The van der Waals surface area contributed by atoms with Gasteiger partial charge in [0.05, 0.1) is 23.9 Å². The Morgan fingerprint density at radius 2 is 2.18 bits per heavy atom. The lowest BCUT2D eigenvalue weighted by Gasteiger charge is -2.16. The number of rotatable bonds is 4. The quantitative estimate of drug-likeness (QED) is 0.740. The van der Waals surface area contributed by atoms with E-state index in [-0.39, 0.29) is 11.6 Å². The summed E-state index contributed by atoms with van der Waals surface area (Å²) in [5, 5.41) is 1.92. The van der Waals surface area contributed by atoms with Gasteiger partial charge in [-0.15, -0.1) is 11.3 Å². The van der Waals surface area contributed by atoms with Crippen molar-refractivity contribution in [3.05, 3.63) is 47.9 Å². The van der Waals surface area contributed by atoms with E-state index in [0.29, 0.717) is 17.3 Å². The molecule has 0 aliphatic carbocycles. The highest BCUT2D eigenvalue weighted by Gasteiger charge is 2.23. The molecule has 0 atom stereocenters. The Balaban J connectivity index is 1.89. The molecule has 0 aliphatic rings. The van der Waals surface area contributed by atoms with Crippen molar-refractivity contribution in [3.8, 4) is 16.5 Å². The number of nitrogens with zero attached hydrogens (tertiary/aromatic N) is 3. The predicted octanol–water partition coefficient (Wildman–Crippen LogP) is 3.08. The van der Waals surface area contributed by atoms with Gasteiger partial charge in [-0.05, 0) is 17.5 Å². The van der Waals surface area contributed by atoms with Crippen LogP contribution in [0.4, 0.5) is 5.69 Å². The van der Waals surface area contributed by atoms with Gasteiger partial charge in [-0.1, -0.05) is 6.07 Å². The average Bonchev–Trinajstić information content (AvgIpc) is 3.24. The fraction of sp³-hybridized carbons (Fsp3) is 0.133. The molecule has 0 saturated heterocycles. The highest BCUT2D eigenvalue weighted by atomic mass is 32.1. The van der Waals surface area contributed by atoms with Crippen LogP contribution in [0.15, 0.2) is 46.7 Å². The van der Waals surface area contributed by atoms with Crippen molar-refractivity contribution >= 4 is 22.9 Å². The molecule has 22 heavy (non-hydrogen) atoms. The van der Waals surface area contributed by atoms with Crippen molar-refractivity contribution in [2.45, 2.75) is 0 Å². The molecule has 0 aromatic carbocycles. The van der Waals surface area contributed by atoms with Crippen LogP contribution in [-0.4, -0.2) is 30.0 Å². The molecule has 0 bridgehead atoms. The third-order valence-corrected chi connectivity index (χ3v) is 4.01. The molecule has 0 radical (unpaired) electrons. The number of oxazole rings is 1. The van der Waals surface area contributed by atoms with Gasteiger partial charge in [0.2, 0.25) is 5.88 Å². The van der Waals surface area contributed by atoms with E-state index in [2.05, 4.69) is 9.97 Å². The third-order valence-electron chi connectivity index (χ3n) is 3.14. The van der Waals surface area contributed by atoms with Crippen LogP contribution in [0.25, 0.3) is 10.6 Å². The Bertz CT molecular complexity index is 766. The first-order valence-electron chi connectivity index (χ1n) is 6.46. The molecule has 112 valence electrons. The number of amides is 1. The molecular formula is C15H13N3O3S. The Morgan fingerprint density at radius 3 is 2.82 bits per heavy atom. The number of carbonyl (C=O) groups excluding carboxylic acids is 1. The van der Waals surface area contributed by atoms with E-state index in [0.717, 1.165) is 4.88 Å². The fourth-order valence-corrected chi connectivity index (χ4v) is 2.66. The molecule has 0 unspecified atom stereocenters. The lowest BCUT2D eigenvalue weighted by atomic mass is 10.2. The molecule has 7 heteroatoms. The van der Waals surface area contributed by atoms with Gasteiger partial charge in [-0.25, -0.2) is 9.97 Å². The van der Waals surface area contributed by atoms with E-state index in [1.807, 2.05) is 17.5 Å². The number of carbonyl (C=O) groups is 1. The first-order chi connectivity index (χ1) is 10.7. The number of hydrogen-bond acceptors (Lipinski definition) is 6. The van der Waals surface area contributed by atoms with Crippen molar-refractivity contribution in [2.24, 2.45) is 0 Å². The second kappa shape index (κ2) is 5.98. The molecule has 0 N–H and O–H groups in total. The Labute approximate surface area is 131 Å². The van der Waals surface area contributed by atoms with Crippen LogP contribution in [0.5, 0.6) is 5.88 Å². The maximum Gasteiger partial charge on any atom is 0.280 e. The second-order valence-corrected chi connectivity index (χ2v) is 5.38. The van der Waals surface area contributed by atoms with E-state index >= 15 is 0 Å². The molecular weight excluding hydrogens is 302 g/mol. The number of ether oxygens (including phenoxy) is 1. The number of thiophene rings is 1. The molecule has 3 heterocycles. The van der Waals surface area contributed by atoms with Gasteiger partial charge in [0.15, 0.2) is 17.8 Å². The fourth-order valence-electron chi connectivity index (χ4n) is 1.95. The molecule has 3 aromatic rings. The summed E-state index contributed by atoms with van der Waals surface area (Å²) in [7, 11) is 3.21. The third kappa shape index (κ3) is 2.58. The average molecular weight is 315 g/mol. The lowest BCUT2D eigenvalue weighted by Crippen LogP contribution is -2.27. The summed E-state index contributed by atoms with van der Waals surface area (Å²) in [6.07, 6.45) is 2.85. The van der Waals surface area contributed by atoms with E-state index in [4.69, 9.17) is 9.15 Å². The van der Waals surface area contributed by atoms with Crippen LogP contribution in [0.1, 0.15) is 10.5 Å². The highest BCUT2D eigenvalue weighted by molar-refractivity contribution is 7.13. The summed E-state index contributed by atoms with van der Waals surface area (Å²) in [6.45, 7) is 0. The molecule has 0 saturated carbocycles. The maximum atomic E-state index is 12.6. The first kappa shape index (κ1) is 14.3. The normalized spacial score (nSPS) is 10.5. The van der Waals surface area contributed by atoms with Crippen LogP contribution >= 0.6 is 11.3 Å². The molecule has 1 amide bonds. The van der Waals surface area contributed by atoms with E-state index in [9.17, 15) is 4.79 Å². The topological polar surface area (TPSA) is 68.5 Å². The molecule has 6 nitrogen and oxygen atoms in total. The summed E-state index contributed by atoms with van der Waals surface area (Å²) in [6, 6.07) is 7.24. The number of pyridine rings is 1. The van der Waals surface area contributed by atoms with E-state index < -0.39 is 0 Å². The van der Waals surface area contributed by atoms with Crippen LogP contribution in [0.2, 0.25) is 0 Å². The van der Waals surface area contributed by atoms with Crippen LogP contribution in [0, 0.1) is 0 Å². The highest BCUT2D eigenvalue weighted by Crippen LogP contribution is 2.29. The minimum Gasteiger partial charge on any atom is -0.481 e. The zero-order valence-corrected chi connectivity index (χ0v) is 12.8. The molecule has 0 fully saturated rings. The van der Waals surface area contributed by atoms with Crippen LogP contribution < -0.4 is 9.64 Å². The second-order valence-electron chi connectivity index (χ2n) is 4.43. The monoisotopic (exact) mass is 315 g/mol. The maximum absolute atomic E-state index is 12.6. The zero-order valence-electron chi connectivity index (χ0n) is 12.0. The predicted molar refractivity (Wildman–Crippen MR) is 83.3 cm³/mol. The minimum absolute atomic E-state index is 0.260. The van der Waals surface area contributed by atoms with Gasteiger partial charge in [0.1, 0.15) is 0 Å². The van der Waals surface area contributed by atoms with Gasteiger partial charge in [-0.2, -0.15) is 0 Å². The summed E-state index contributed by atoms with van der Waals surface area (Å²) in [5.41, 5.74) is 0.923. The minimum atomic E-state index is -0.260. The summed E-state index contributed by atoms with van der Waals surface area (Å²) < 4.78 is 10.4. The van der Waals surface area contributed by atoms with Crippen molar-refractivity contribution in [1.82, 2.24) is 9.97 Å². The largest absolute Gasteiger partial charge is 0.481 e. The van der Waals surface area contributed by atoms with E-state index in [1.54, 1.807) is 32.5 Å². The number of methoxy groups -OCH3 is 1. The smallest absolute Gasteiger partial charge is 0.280 e. The van der Waals surface area contributed by atoms with Crippen molar-refractivity contribution in [2.75, 3.05) is 19.1 Å². The van der Waals surface area contributed by atoms with Gasteiger partial charge in [-0.3, -0.25) is 4.79 Å². The van der Waals surface area contributed by atoms with Crippen molar-refractivity contribution < 1.29 is 13.9 Å². The summed E-state index contributed by atoms with van der Waals surface area (Å²) in [5.74, 6) is 0.711. The Hall–Kier alpha value is -2.67. The summed E-state index contributed by atoms with van der Waals surface area (Å²) in [4.78, 5) is 23.1. The van der Waals surface area contributed by atoms with E-state index in [1.165, 1.54) is 22.6 Å². The Kier molecular flexibility index (Phi) is 3.88. The summed E-state index contributed by atoms with van der Waals surface area (Å²) >= 11 is 1.49. The molecule has 3 rings (SSSR count). The standard InChI is InChI=1S/C15H13N3O3S/c1-18(10-5-6-12(20-2)16-8-10)15(19)13-14(21-9-17-13)11-4-3-7-22-11/h3-9H,1-2H3. The van der Waals surface area contributed by atoms with Crippen molar-refractivity contribution in [1.29, 1.82) is 0 Å². The molecule has 3 aromatic heterocycles. The number of anilines is 1. The number of hydrogen-bond donors (Lipinski definition) is 0. The SMILES string of the molecule is COc1ccc(N(C)C(=O)c2ncoc2-c2cccs2)cn1. The zero-order chi connectivity index (χ0) is 15.5. The Morgan fingerprint density at radius 1 is 1.32 bits per heavy atom.